The quantitative estimate of drug-likeness (QED) is 0.755. The Morgan fingerprint density at radius 2 is 1.87 bits per heavy atom. The van der Waals surface area contributed by atoms with Gasteiger partial charge in [-0.15, -0.1) is 0 Å². The zero-order valence-electron chi connectivity index (χ0n) is 14.1. The van der Waals surface area contributed by atoms with Gasteiger partial charge in [0, 0.05) is 18.6 Å². The van der Waals surface area contributed by atoms with Crippen molar-refractivity contribution in [1.29, 1.82) is 0 Å². The Bertz CT molecular complexity index is 505. The van der Waals surface area contributed by atoms with Crippen molar-refractivity contribution in [2.45, 2.75) is 44.2 Å². The van der Waals surface area contributed by atoms with Crippen molar-refractivity contribution in [3.63, 3.8) is 0 Å². The molecule has 2 aliphatic rings. The van der Waals surface area contributed by atoms with Crippen molar-refractivity contribution in [2.75, 3.05) is 33.4 Å². The van der Waals surface area contributed by atoms with Gasteiger partial charge in [-0.1, -0.05) is 30.3 Å². The van der Waals surface area contributed by atoms with Crippen LogP contribution in [0.2, 0.25) is 0 Å². The van der Waals surface area contributed by atoms with Gasteiger partial charge in [-0.2, -0.15) is 0 Å². The monoisotopic (exact) mass is 316 g/mol. The van der Waals surface area contributed by atoms with Gasteiger partial charge >= 0.3 is 0 Å². The maximum Gasteiger partial charge on any atom is 0.248 e. The van der Waals surface area contributed by atoms with Crippen molar-refractivity contribution in [3.05, 3.63) is 35.9 Å². The Morgan fingerprint density at radius 1 is 1.13 bits per heavy atom. The van der Waals surface area contributed by atoms with Gasteiger partial charge in [0.05, 0.1) is 6.61 Å². The Labute approximate surface area is 139 Å². The van der Waals surface area contributed by atoms with Gasteiger partial charge < -0.3 is 14.5 Å². The van der Waals surface area contributed by atoms with E-state index < -0.39 is 0 Å². The Morgan fingerprint density at radius 3 is 2.61 bits per heavy atom. The second kappa shape index (κ2) is 7.93. The number of hydrogen-bond donors (Lipinski definition) is 0. The Balaban J connectivity index is 1.44. The molecule has 0 spiro atoms. The number of amides is 1. The number of likely N-dealkylation sites (tertiary alicyclic amines) is 2. The summed E-state index contributed by atoms with van der Waals surface area (Å²) in [6.07, 6.45) is 5.62. The van der Waals surface area contributed by atoms with E-state index in [9.17, 15) is 4.79 Å². The first-order chi connectivity index (χ1) is 11.3. The van der Waals surface area contributed by atoms with E-state index in [1.165, 1.54) is 18.4 Å². The van der Waals surface area contributed by atoms with Crippen molar-refractivity contribution in [1.82, 2.24) is 9.80 Å². The van der Waals surface area contributed by atoms with Crippen LogP contribution < -0.4 is 0 Å². The van der Waals surface area contributed by atoms with Crippen LogP contribution in [-0.4, -0.2) is 61.1 Å². The molecule has 1 amide bonds. The van der Waals surface area contributed by atoms with E-state index >= 15 is 0 Å². The molecule has 4 nitrogen and oxygen atoms in total. The first-order valence-corrected chi connectivity index (χ1v) is 8.87. The van der Waals surface area contributed by atoms with Crippen LogP contribution in [0.4, 0.5) is 0 Å². The molecule has 0 unspecified atom stereocenters. The van der Waals surface area contributed by atoms with E-state index in [1.54, 1.807) is 0 Å². The average Bonchev–Trinajstić information content (AvgIpc) is 3.20. The van der Waals surface area contributed by atoms with Gasteiger partial charge in [0.2, 0.25) is 5.91 Å². The number of likely N-dealkylation sites (N-methyl/N-ethyl adjacent to an activating group) is 1. The molecule has 2 atom stereocenters. The van der Waals surface area contributed by atoms with Crippen LogP contribution >= 0.6 is 0 Å². The molecule has 2 saturated heterocycles. The second-order valence-corrected chi connectivity index (χ2v) is 6.78. The topological polar surface area (TPSA) is 32.8 Å². The fourth-order valence-electron chi connectivity index (χ4n) is 4.00. The summed E-state index contributed by atoms with van der Waals surface area (Å²) in [5.74, 6) is 0.167. The lowest BCUT2D eigenvalue weighted by atomic mass is 10.0. The van der Waals surface area contributed by atoms with E-state index in [2.05, 4.69) is 29.0 Å². The molecule has 3 rings (SSSR count). The van der Waals surface area contributed by atoms with Crippen LogP contribution in [-0.2, 0) is 16.0 Å². The minimum atomic E-state index is 0.167. The highest BCUT2D eigenvalue weighted by Gasteiger charge is 2.38. The van der Waals surface area contributed by atoms with Crippen LogP contribution in [0.15, 0.2) is 30.3 Å². The first kappa shape index (κ1) is 16.5. The van der Waals surface area contributed by atoms with E-state index in [1.807, 2.05) is 18.2 Å². The molecular formula is C19H28N2O2. The number of carbonyl (C=O) groups excluding carboxylic acids is 1. The molecule has 126 valence electrons. The molecule has 2 heterocycles. The molecule has 2 aliphatic heterocycles. The highest BCUT2D eigenvalue weighted by molar-refractivity contribution is 5.78. The predicted octanol–water partition coefficient (Wildman–Crippen LogP) is 2.33. The maximum absolute atomic E-state index is 12.5. The van der Waals surface area contributed by atoms with E-state index in [4.69, 9.17) is 4.74 Å². The van der Waals surface area contributed by atoms with Gasteiger partial charge in [0.15, 0.2) is 0 Å². The number of ether oxygens (including phenoxy) is 1. The third-order valence-electron chi connectivity index (χ3n) is 5.24. The van der Waals surface area contributed by atoms with Crippen molar-refractivity contribution in [2.24, 2.45) is 0 Å². The van der Waals surface area contributed by atoms with Gasteiger partial charge in [-0.25, -0.2) is 0 Å². The zero-order chi connectivity index (χ0) is 16.1. The highest BCUT2D eigenvalue weighted by Crippen LogP contribution is 2.29. The van der Waals surface area contributed by atoms with Crippen molar-refractivity contribution >= 4 is 5.91 Å². The number of rotatable bonds is 6. The molecule has 1 aromatic rings. The summed E-state index contributed by atoms with van der Waals surface area (Å²) in [4.78, 5) is 17.0. The summed E-state index contributed by atoms with van der Waals surface area (Å²) in [7, 11) is 2.19. The predicted molar refractivity (Wildman–Crippen MR) is 91.4 cm³/mol. The Kier molecular flexibility index (Phi) is 5.68. The molecule has 2 fully saturated rings. The average molecular weight is 316 g/mol. The van der Waals surface area contributed by atoms with Gasteiger partial charge in [0.25, 0.3) is 0 Å². The SMILES string of the molecule is CN1CCC[C@@H]1[C@H]1CCCN1C(=O)COCCc1ccccc1. The van der Waals surface area contributed by atoms with Crippen molar-refractivity contribution < 1.29 is 9.53 Å². The van der Waals surface area contributed by atoms with Crippen molar-refractivity contribution in [3.8, 4) is 0 Å². The fourth-order valence-corrected chi connectivity index (χ4v) is 4.00. The zero-order valence-corrected chi connectivity index (χ0v) is 14.1. The van der Waals surface area contributed by atoms with E-state index in [-0.39, 0.29) is 12.5 Å². The van der Waals surface area contributed by atoms with Crippen LogP contribution in [0.3, 0.4) is 0 Å². The van der Waals surface area contributed by atoms with Gasteiger partial charge in [-0.3, -0.25) is 4.79 Å². The van der Waals surface area contributed by atoms with E-state index in [0.29, 0.717) is 18.7 Å². The van der Waals surface area contributed by atoms with Crippen LogP contribution in [0, 0.1) is 0 Å². The van der Waals surface area contributed by atoms with Gasteiger partial charge in [-0.05, 0) is 51.3 Å². The molecule has 4 heteroatoms. The normalized spacial score (nSPS) is 25.2. The number of nitrogens with zero attached hydrogens (tertiary/aromatic N) is 2. The van der Waals surface area contributed by atoms with Crippen LogP contribution in [0.5, 0.6) is 0 Å². The maximum atomic E-state index is 12.5. The molecular weight excluding hydrogens is 288 g/mol. The molecule has 0 aliphatic carbocycles. The van der Waals surface area contributed by atoms with E-state index in [0.717, 1.165) is 32.4 Å². The summed E-state index contributed by atoms with van der Waals surface area (Å²) in [5.41, 5.74) is 1.26. The number of carbonyl (C=O) groups is 1. The molecule has 0 radical (unpaired) electrons. The lowest BCUT2D eigenvalue weighted by molar-refractivity contribution is -0.137. The molecule has 23 heavy (non-hydrogen) atoms. The molecule has 0 N–H and O–H groups in total. The third kappa shape index (κ3) is 4.12. The summed E-state index contributed by atoms with van der Waals surface area (Å²) < 4.78 is 5.64. The number of hydrogen-bond acceptors (Lipinski definition) is 3. The largest absolute Gasteiger partial charge is 0.371 e. The minimum Gasteiger partial charge on any atom is -0.371 e. The lowest BCUT2D eigenvalue weighted by Crippen LogP contribution is -2.48. The summed E-state index contributed by atoms with van der Waals surface area (Å²) in [5, 5.41) is 0. The lowest BCUT2D eigenvalue weighted by Gasteiger charge is -2.33. The fraction of sp³-hybridized carbons (Fsp3) is 0.632. The molecule has 0 aromatic heterocycles. The highest BCUT2D eigenvalue weighted by atomic mass is 16.5. The molecule has 0 saturated carbocycles. The third-order valence-corrected chi connectivity index (χ3v) is 5.24. The summed E-state index contributed by atoms with van der Waals surface area (Å²) >= 11 is 0. The van der Waals surface area contributed by atoms with Crippen LogP contribution in [0.25, 0.3) is 0 Å². The van der Waals surface area contributed by atoms with Gasteiger partial charge in [0.1, 0.15) is 6.61 Å². The standard InChI is InChI=1S/C19H28N2O2/c1-20-12-5-9-17(20)18-10-6-13-21(18)19(22)15-23-14-11-16-7-3-2-4-8-16/h2-4,7-8,17-18H,5-6,9-15H2,1H3/t17-,18-/m1/s1. The van der Waals surface area contributed by atoms with Crippen LogP contribution in [0.1, 0.15) is 31.2 Å². The summed E-state index contributed by atoms with van der Waals surface area (Å²) in [6, 6.07) is 11.2. The molecule has 1 aromatic carbocycles. The first-order valence-electron chi connectivity index (χ1n) is 8.87. The second-order valence-electron chi connectivity index (χ2n) is 6.78. The Hall–Kier alpha value is -1.39. The minimum absolute atomic E-state index is 0.167. The smallest absolute Gasteiger partial charge is 0.248 e. The molecule has 0 bridgehead atoms. The summed E-state index contributed by atoms with van der Waals surface area (Å²) in [6.45, 7) is 2.89. The number of benzene rings is 1.